The quantitative estimate of drug-likeness (QED) is 0.801. The molecule has 0 aliphatic heterocycles. The molecule has 0 bridgehead atoms. The first-order valence-electron chi connectivity index (χ1n) is 6.08. The molecule has 5 heteroatoms. The van der Waals surface area contributed by atoms with Crippen molar-refractivity contribution in [2.45, 2.75) is 26.7 Å². The van der Waals surface area contributed by atoms with E-state index < -0.39 is 0 Å². The summed E-state index contributed by atoms with van der Waals surface area (Å²) >= 11 is 0. The molecule has 1 fully saturated rings. The van der Waals surface area contributed by atoms with E-state index in [0.717, 1.165) is 29.5 Å². The SMILES string of the molecule is Cc1nn(C)c(C)c1NC(=O)CNCC1CC1. The summed E-state index contributed by atoms with van der Waals surface area (Å²) in [5.74, 6) is 0.800. The zero-order valence-corrected chi connectivity index (χ0v) is 10.7. The van der Waals surface area contributed by atoms with E-state index in [9.17, 15) is 4.79 Å². The molecule has 0 unspecified atom stereocenters. The molecule has 0 saturated heterocycles. The summed E-state index contributed by atoms with van der Waals surface area (Å²) < 4.78 is 1.78. The van der Waals surface area contributed by atoms with E-state index in [1.165, 1.54) is 12.8 Å². The van der Waals surface area contributed by atoms with E-state index in [1.807, 2.05) is 20.9 Å². The Morgan fingerprint density at radius 1 is 1.47 bits per heavy atom. The third-order valence-electron chi connectivity index (χ3n) is 3.19. The Balaban J connectivity index is 1.83. The molecule has 5 nitrogen and oxygen atoms in total. The highest BCUT2D eigenvalue weighted by Gasteiger charge is 2.20. The highest BCUT2D eigenvalue weighted by atomic mass is 16.1. The van der Waals surface area contributed by atoms with Crippen LogP contribution in [0.15, 0.2) is 0 Å². The summed E-state index contributed by atoms with van der Waals surface area (Å²) in [4.78, 5) is 11.7. The monoisotopic (exact) mass is 236 g/mol. The molecule has 1 heterocycles. The molecule has 1 amide bonds. The second-order valence-electron chi connectivity index (χ2n) is 4.79. The van der Waals surface area contributed by atoms with Crippen molar-refractivity contribution in [3.05, 3.63) is 11.4 Å². The molecule has 0 spiro atoms. The van der Waals surface area contributed by atoms with Crippen molar-refractivity contribution < 1.29 is 4.79 Å². The molecule has 1 aromatic heterocycles. The van der Waals surface area contributed by atoms with Gasteiger partial charge in [-0.2, -0.15) is 5.10 Å². The van der Waals surface area contributed by atoms with Crippen molar-refractivity contribution in [3.63, 3.8) is 0 Å². The molecule has 1 saturated carbocycles. The van der Waals surface area contributed by atoms with Crippen LogP contribution < -0.4 is 10.6 Å². The average molecular weight is 236 g/mol. The average Bonchev–Trinajstić information content (AvgIpc) is 3.04. The molecule has 0 aromatic carbocycles. The number of carbonyl (C=O) groups is 1. The van der Waals surface area contributed by atoms with Crippen LogP contribution in [0.1, 0.15) is 24.2 Å². The second-order valence-corrected chi connectivity index (χ2v) is 4.79. The lowest BCUT2D eigenvalue weighted by Crippen LogP contribution is -2.29. The van der Waals surface area contributed by atoms with Crippen LogP contribution in [0.3, 0.4) is 0 Å². The standard InChI is InChI=1S/C12H20N4O/c1-8-12(9(2)16(3)15-8)14-11(17)7-13-6-10-4-5-10/h10,13H,4-7H2,1-3H3,(H,14,17). The van der Waals surface area contributed by atoms with Crippen LogP contribution in [-0.2, 0) is 11.8 Å². The number of hydrogen-bond acceptors (Lipinski definition) is 3. The largest absolute Gasteiger partial charge is 0.322 e. The van der Waals surface area contributed by atoms with Crippen molar-refractivity contribution in [1.29, 1.82) is 0 Å². The zero-order chi connectivity index (χ0) is 12.4. The molecule has 0 atom stereocenters. The van der Waals surface area contributed by atoms with E-state index in [0.29, 0.717) is 6.54 Å². The Labute approximate surface area is 102 Å². The van der Waals surface area contributed by atoms with Gasteiger partial charge in [-0.1, -0.05) is 0 Å². The topological polar surface area (TPSA) is 59.0 Å². The lowest BCUT2D eigenvalue weighted by atomic mass is 10.3. The molecule has 0 radical (unpaired) electrons. The maximum Gasteiger partial charge on any atom is 0.238 e. The minimum atomic E-state index is 0.00449. The van der Waals surface area contributed by atoms with Crippen molar-refractivity contribution in [2.24, 2.45) is 13.0 Å². The Morgan fingerprint density at radius 2 is 2.18 bits per heavy atom. The van der Waals surface area contributed by atoms with Gasteiger partial charge in [0.25, 0.3) is 0 Å². The number of aryl methyl sites for hydroxylation is 2. The zero-order valence-electron chi connectivity index (χ0n) is 10.7. The maximum absolute atomic E-state index is 11.7. The van der Waals surface area contributed by atoms with Crippen LogP contribution >= 0.6 is 0 Å². The summed E-state index contributed by atoms with van der Waals surface area (Å²) in [5, 5.41) is 10.3. The third-order valence-corrected chi connectivity index (χ3v) is 3.19. The van der Waals surface area contributed by atoms with E-state index >= 15 is 0 Å². The molecule has 17 heavy (non-hydrogen) atoms. The molecule has 2 rings (SSSR count). The predicted molar refractivity (Wildman–Crippen MR) is 66.9 cm³/mol. The van der Waals surface area contributed by atoms with Crippen LogP contribution in [0.5, 0.6) is 0 Å². The lowest BCUT2D eigenvalue weighted by molar-refractivity contribution is -0.115. The van der Waals surface area contributed by atoms with Gasteiger partial charge in [-0.05, 0) is 39.2 Å². The van der Waals surface area contributed by atoms with Gasteiger partial charge in [0.05, 0.1) is 23.6 Å². The van der Waals surface area contributed by atoms with Crippen molar-refractivity contribution in [2.75, 3.05) is 18.4 Å². The maximum atomic E-state index is 11.7. The van der Waals surface area contributed by atoms with Crippen LogP contribution in [0.2, 0.25) is 0 Å². The van der Waals surface area contributed by atoms with Crippen molar-refractivity contribution >= 4 is 11.6 Å². The Hall–Kier alpha value is -1.36. The fourth-order valence-electron chi connectivity index (χ4n) is 1.85. The van der Waals surface area contributed by atoms with Crippen molar-refractivity contribution in [3.8, 4) is 0 Å². The van der Waals surface area contributed by atoms with Gasteiger partial charge in [0.2, 0.25) is 5.91 Å². The molecular formula is C12H20N4O. The van der Waals surface area contributed by atoms with Gasteiger partial charge in [-0.25, -0.2) is 0 Å². The van der Waals surface area contributed by atoms with E-state index in [-0.39, 0.29) is 5.91 Å². The van der Waals surface area contributed by atoms with Crippen LogP contribution in [0.4, 0.5) is 5.69 Å². The molecule has 1 aliphatic rings. The smallest absolute Gasteiger partial charge is 0.238 e. The summed E-state index contributed by atoms with van der Waals surface area (Å²) in [6.07, 6.45) is 2.60. The summed E-state index contributed by atoms with van der Waals surface area (Å²) in [7, 11) is 1.88. The van der Waals surface area contributed by atoms with Gasteiger partial charge < -0.3 is 10.6 Å². The van der Waals surface area contributed by atoms with E-state index in [1.54, 1.807) is 4.68 Å². The Morgan fingerprint density at radius 3 is 2.71 bits per heavy atom. The highest BCUT2D eigenvalue weighted by Crippen LogP contribution is 2.27. The predicted octanol–water partition coefficient (Wildman–Crippen LogP) is 0.975. The molecule has 94 valence electrons. The minimum absolute atomic E-state index is 0.00449. The number of nitrogens with one attached hydrogen (secondary N) is 2. The normalized spacial score (nSPS) is 15.0. The molecular weight excluding hydrogens is 216 g/mol. The number of aromatic nitrogens is 2. The first-order valence-corrected chi connectivity index (χ1v) is 6.08. The van der Waals surface area contributed by atoms with Gasteiger partial charge in [-0.15, -0.1) is 0 Å². The second kappa shape index (κ2) is 4.87. The van der Waals surface area contributed by atoms with Gasteiger partial charge >= 0.3 is 0 Å². The summed E-state index contributed by atoms with van der Waals surface area (Å²) in [6.45, 7) is 5.19. The van der Waals surface area contributed by atoms with Gasteiger partial charge in [-0.3, -0.25) is 9.48 Å². The Kier molecular flexibility index (Phi) is 3.47. The van der Waals surface area contributed by atoms with Gasteiger partial charge in [0.1, 0.15) is 0 Å². The number of carbonyl (C=O) groups excluding carboxylic acids is 1. The van der Waals surface area contributed by atoms with E-state index in [4.69, 9.17) is 0 Å². The lowest BCUT2D eigenvalue weighted by Gasteiger charge is -2.06. The number of hydrogen-bond donors (Lipinski definition) is 2. The number of anilines is 1. The highest BCUT2D eigenvalue weighted by molar-refractivity contribution is 5.93. The fraction of sp³-hybridized carbons (Fsp3) is 0.667. The summed E-state index contributed by atoms with van der Waals surface area (Å²) in [6, 6.07) is 0. The first kappa shape index (κ1) is 12.1. The number of nitrogens with zero attached hydrogens (tertiary/aromatic N) is 2. The fourth-order valence-corrected chi connectivity index (χ4v) is 1.85. The van der Waals surface area contributed by atoms with Crippen LogP contribution in [0, 0.1) is 19.8 Å². The molecule has 1 aromatic rings. The van der Waals surface area contributed by atoms with Crippen LogP contribution in [-0.4, -0.2) is 28.8 Å². The van der Waals surface area contributed by atoms with E-state index in [2.05, 4.69) is 15.7 Å². The minimum Gasteiger partial charge on any atom is -0.322 e. The first-order chi connectivity index (χ1) is 8.08. The Bertz CT molecular complexity index is 420. The van der Waals surface area contributed by atoms with Crippen LogP contribution in [0.25, 0.3) is 0 Å². The van der Waals surface area contributed by atoms with Gasteiger partial charge in [0, 0.05) is 7.05 Å². The van der Waals surface area contributed by atoms with Gasteiger partial charge in [0.15, 0.2) is 0 Å². The molecule has 2 N–H and O–H groups in total. The van der Waals surface area contributed by atoms with Crippen molar-refractivity contribution in [1.82, 2.24) is 15.1 Å². The number of rotatable bonds is 5. The summed E-state index contributed by atoms with van der Waals surface area (Å²) in [5.41, 5.74) is 2.68. The number of amides is 1. The molecule has 1 aliphatic carbocycles. The third kappa shape index (κ3) is 3.06.